The van der Waals surface area contributed by atoms with E-state index >= 15 is 0 Å². The van der Waals surface area contributed by atoms with Crippen LogP contribution in [0.4, 0.5) is 13.2 Å². The molecule has 1 N–H and O–H groups in total. The van der Waals surface area contributed by atoms with Crippen LogP contribution in [0.15, 0.2) is 0 Å². The van der Waals surface area contributed by atoms with E-state index in [1.54, 1.807) is 0 Å². The molecule has 5 heteroatoms. The quantitative estimate of drug-likeness (QED) is 0.688. The van der Waals surface area contributed by atoms with Gasteiger partial charge in [-0.1, -0.05) is 0 Å². The summed E-state index contributed by atoms with van der Waals surface area (Å²) in [4.78, 5) is 0. The molecule has 0 rings (SSSR count). The highest BCUT2D eigenvalue weighted by Crippen LogP contribution is 2.31. The number of hydrogen-bond acceptors (Lipinski definition) is 2. The van der Waals surface area contributed by atoms with Crippen LogP contribution in [0.2, 0.25) is 0 Å². The van der Waals surface area contributed by atoms with Crippen molar-refractivity contribution in [3.05, 3.63) is 0 Å². The Morgan fingerprint density at radius 3 is 1.91 bits per heavy atom. The number of rotatable bonds is 3. The number of methoxy groups -OCH3 is 1. The van der Waals surface area contributed by atoms with Crippen LogP contribution in [0.1, 0.15) is 6.92 Å². The molecule has 2 nitrogen and oxygen atoms in total. The Bertz CT molecular complexity index is 125. The van der Waals surface area contributed by atoms with E-state index in [-0.39, 0.29) is 6.54 Å². The van der Waals surface area contributed by atoms with E-state index in [1.807, 2.05) is 0 Å². The van der Waals surface area contributed by atoms with Crippen molar-refractivity contribution < 1.29 is 17.9 Å². The van der Waals surface area contributed by atoms with Crippen LogP contribution in [0.25, 0.3) is 0 Å². The van der Waals surface area contributed by atoms with Gasteiger partial charge in [0.15, 0.2) is 5.60 Å². The fourth-order valence-corrected chi connectivity index (χ4v) is 0.625. The molecular formula is C6H12F3NO. The van der Waals surface area contributed by atoms with Crippen LogP contribution in [0.5, 0.6) is 0 Å². The lowest BCUT2D eigenvalue weighted by Gasteiger charge is -2.29. The Kier molecular flexibility index (Phi) is 3.31. The lowest BCUT2D eigenvalue weighted by molar-refractivity contribution is -0.259. The van der Waals surface area contributed by atoms with Crippen LogP contribution >= 0.6 is 0 Å². The van der Waals surface area contributed by atoms with E-state index in [4.69, 9.17) is 0 Å². The van der Waals surface area contributed by atoms with E-state index in [1.165, 1.54) is 7.05 Å². The fraction of sp³-hybridized carbons (Fsp3) is 1.00. The molecule has 0 bridgehead atoms. The first-order chi connectivity index (χ1) is 4.87. The predicted molar refractivity (Wildman–Crippen MR) is 35.4 cm³/mol. The summed E-state index contributed by atoms with van der Waals surface area (Å²) < 4.78 is 40.7. The number of alkyl halides is 3. The van der Waals surface area contributed by atoms with Gasteiger partial charge in [-0.05, 0) is 14.0 Å². The summed E-state index contributed by atoms with van der Waals surface area (Å²) >= 11 is 0. The summed E-state index contributed by atoms with van der Waals surface area (Å²) in [7, 11) is 2.49. The summed E-state index contributed by atoms with van der Waals surface area (Å²) in [6, 6.07) is 0. The minimum Gasteiger partial charge on any atom is -0.368 e. The SMILES string of the molecule is CNCC(C)(OC)C(F)(F)F. The molecule has 0 saturated carbocycles. The molecule has 0 saturated heterocycles. The molecule has 1 unspecified atom stereocenters. The topological polar surface area (TPSA) is 21.3 Å². The third-order valence-corrected chi connectivity index (χ3v) is 1.56. The first-order valence-corrected chi connectivity index (χ1v) is 3.14. The summed E-state index contributed by atoms with van der Waals surface area (Å²) in [5.74, 6) is 0. The Balaban J connectivity index is 4.33. The molecule has 0 fully saturated rings. The molecule has 0 aromatic carbocycles. The highest BCUT2D eigenvalue weighted by Gasteiger charge is 2.51. The van der Waals surface area contributed by atoms with Gasteiger partial charge in [-0.2, -0.15) is 13.2 Å². The minimum absolute atomic E-state index is 0.243. The van der Waals surface area contributed by atoms with Crippen LogP contribution in [-0.2, 0) is 4.74 Å². The third kappa shape index (κ3) is 2.34. The van der Waals surface area contributed by atoms with Crippen molar-refractivity contribution in [2.24, 2.45) is 0 Å². The van der Waals surface area contributed by atoms with Gasteiger partial charge in [0.25, 0.3) is 0 Å². The molecule has 0 aromatic heterocycles. The van der Waals surface area contributed by atoms with E-state index in [0.717, 1.165) is 14.0 Å². The molecule has 0 radical (unpaired) electrons. The van der Waals surface area contributed by atoms with Gasteiger partial charge < -0.3 is 10.1 Å². The number of ether oxygens (including phenoxy) is 1. The molecule has 68 valence electrons. The van der Waals surface area contributed by atoms with Crippen LogP contribution < -0.4 is 5.32 Å². The summed E-state index contributed by atoms with van der Waals surface area (Å²) in [6.07, 6.45) is -4.33. The first-order valence-electron chi connectivity index (χ1n) is 3.14. The van der Waals surface area contributed by atoms with Gasteiger partial charge in [-0.15, -0.1) is 0 Å². The van der Waals surface area contributed by atoms with E-state index < -0.39 is 11.8 Å². The van der Waals surface area contributed by atoms with Gasteiger partial charge in [-0.25, -0.2) is 0 Å². The zero-order valence-corrected chi connectivity index (χ0v) is 6.75. The van der Waals surface area contributed by atoms with Crippen molar-refractivity contribution in [1.29, 1.82) is 0 Å². The van der Waals surface area contributed by atoms with Crippen LogP contribution in [0.3, 0.4) is 0 Å². The van der Waals surface area contributed by atoms with Gasteiger partial charge >= 0.3 is 6.18 Å². The standard InChI is InChI=1S/C6H12F3NO/c1-5(11-3,4-10-2)6(7,8)9/h10H,4H2,1-3H3. The first kappa shape index (κ1) is 10.7. The molecule has 0 aliphatic carbocycles. The molecule has 0 heterocycles. The van der Waals surface area contributed by atoms with Gasteiger partial charge in [0.1, 0.15) is 0 Å². The molecule has 0 aromatic rings. The van der Waals surface area contributed by atoms with E-state index in [9.17, 15) is 13.2 Å². The predicted octanol–water partition coefficient (Wildman–Crippen LogP) is 1.17. The fourth-order valence-electron chi connectivity index (χ4n) is 0.625. The molecule has 0 amide bonds. The van der Waals surface area contributed by atoms with Gasteiger partial charge in [-0.3, -0.25) is 0 Å². The molecule has 1 atom stereocenters. The van der Waals surface area contributed by atoms with E-state index in [2.05, 4.69) is 10.1 Å². The van der Waals surface area contributed by atoms with Gasteiger partial charge in [0, 0.05) is 13.7 Å². The van der Waals surface area contributed by atoms with Crippen molar-refractivity contribution in [3.8, 4) is 0 Å². The second-order valence-corrected chi connectivity index (χ2v) is 2.46. The molecule has 11 heavy (non-hydrogen) atoms. The van der Waals surface area contributed by atoms with Crippen molar-refractivity contribution in [2.45, 2.75) is 18.7 Å². The second-order valence-electron chi connectivity index (χ2n) is 2.46. The van der Waals surface area contributed by atoms with Crippen molar-refractivity contribution in [2.75, 3.05) is 20.7 Å². The zero-order valence-electron chi connectivity index (χ0n) is 6.75. The van der Waals surface area contributed by atoms with E-state index in [0.29, 0.717) is 0 Å². The zero-order chi connectivity index (χ0) is 9.12. The maximum absolute atomic E-state index is 12.1. The second kappa shape index (κ2) is 3.40. The lowest BCUT2D eigenvalue weighted by Crippen LogP contribution is -2.50. The number of hydrogen-bond donors (Lipinski definition) is 1. The lowest BCUT2D eigenvalue weighted by atomic mass is 10.1. The molecule has 0 aliphatic rings. The summed E-state index contributed by atoms with van der Waals surface area (Å²) in [6.45, 7) is 0.760. The molecule has 0 aliphatic heterocycles. The summed E-state index contributed by atoms with van der Waals surface area (Å²) in [5.41, 5.74) is -2.08. The molecular weight excluding hydrogens is 159 g/mol. The number of nitrogens with one attached hydrogen (secondary N) is 1. The maximum atomic E-state index is 12.1. The Labute approximate surface area is 63.7 Å². The summed E-state index contributed by atoms with van der Waals surface area (Å²) in [5, 5.41) is 2.42. The van der Waals surface area contributed by atoms with Crippen molar-refractivity contribution in [3.63, 3.8) is 0 Å². The van der Waals surface area contributed by atoms with Crippen LogP contribution in [-0.4, -0.2) is 32.5 Å². The average Bonchev–Trinajstić information content (AvgIpc) is 1.86. The highest BCUT2D eigenvalue weighted by atomic mass is 19.4. The van der Waals surface area contributed by atoms with Gasteiger partial charge in [0.2, 0.25) is 0 Å². The number of likely N-dealkylation sites (N-methyl/N-ethyl adjacent to an activating group) is 1. The highest BCUT2D eigenvalue weighted by molar-refractivity contribution is 4.85. The Morgan fingerprint density at radius 2 is 1.82 bits per heavy atom. The normalized spacial score (nSPS) is 18.0. The number of halogens is 3. The maximum Gasteiger partial charge on any atom is 0.418 e. The molecule has 0 spiro atoms. The largest absolute Gasteiger partial charge is 0.418 e. The Hall–Kier alpha value is -0.290. The average molecular weight is 171 g/mol. The van der Waals surface area contributed by atoms with Crippen LogP contribution in [0, 0.1) is 0 Å². The monoisotopic (exact) mass is 171 g/mol. The van der Waals surface area contributed by atoms with Gasteiger partial charge in [0.05, 0.1) is 0 Å². The minimum atomic E-state index is -4.33. The smallest absolute Gasteiger partial charge is 0.368 e. The van der Waals surface area contributed by atoms with Crippen molar-refractivity contribution in [1.82, 2.24) is 5.32 Å². The Morgan fingerprint density at radius 1 is 1.36 bits per heavy atom. The third-order valence-electron chi connectivity index (χ3n) is 1.56. The van der Waals surface area contributed by atoms with Crippen molar-refractivity contribution >= 4 is 0 Å².